The lowest BCUT2D eigenvalue weighted by molar-refractivity contribution is 0.212. The molecule has 0 heterocycles. The Bertz CT molecular complexity index is 199. The van der Waals surface area contributed by atoms with Crippen molar-refractivity contribution in [2.45, 2.75) is 78.1 Å². The topological polar surface area (TPSA) is 9.23 Å². The molecule has 0 aromatic carbocycles. The van der Waals surface area contributed by atoms with E-state index >= 15 is 0 Å². The van der Waals surface area contributed by atoms with Gasteiger partial charge >= 0.3 is 0 Å². The van der Waals surface area contributed by atoms with Gasteiger partial charge in [0, 0.05) is 0 Å². The highest BCUT2D eigenvalue weighted by Gasteiger charge is 2.26. The third-order valence-electron chi connectivity index (χ3n) is 2.96. The fraction of sp³-hybridized carbons (Fsp3) is 0.857. The molecule has 1 unspecified atom stereocenters. The Hall–Kier alpha value is -0.0831. The molecule has 0 aromatic heterocycles. The Morgan fingerprint density at radius 1 is 1.19 bits per heavy atom. The van der Waals surface area contributed by atoms with Gasteiger partial charge in [0.15, 0.2) is 8.32 Å². The van der Waals surface area contributed by atoms with Crippen LogP contribution in [0.5, 0.6) is 0 Å². The maximum atomic E-state index is 6.34. The predicted molar refractivity (Wildman–Crippen MR) is 76.4 cm³/mol. The summed E-state index contributed by atoms with van der Waals surface area (Å²) in [4.78, 5) is 0. The molecule has 0 aliphatic rings. The first-order valence-electron chi connectivity index (χ1n) is 6.76. The molecule has 0 aromatic rings. The van der Waals surface area contributed by atoms with E-state index in [0.717, 1.165) is 6.42 Å². The summed E-state index contributed by atoms with van der Waals surface area (Å²) in [6.07, 6.45) is 6.51. The van der Waals surface area contributed by atoms with Gasteiger partial charge in [-0.3, -0.25) is 0 Å². The Morgan fingerprint density at radius 2 is 1.75 bits per heavy atom. The first-order valence-corrected chi connectivity index (χ1v) is 9.87. The Morgan fingerprint density at radius 3 is 2.19 bits per heavy atom. The first kappa shape index (κ1) is 15.9. The van der Waals surface area contributed by atoms with E-state index in [1.807, 2.05) is 0 Å². The number of rotatable bonds is 9. The fourth-order valence-corrected chi connectivity index (χ4v) is 4.25. The fourth-order valence-electron chi connectivity index (χ4n) is 1.84. The van der Waals surface area contributed by atoms with Crippen molar-refractivity contribution in [3.05, 3.63) is 12.2 Å². The average molecular weight is 242 g/mol. The van der Waals surface area contributed by atoms with Crippen LogP contribution in [0.15, 0.2) is 12.2 Å². The number of unbranched alkanes of at least 4 members (excludes halogenated alkanes) is 2. The first-order chi connectivity index (χ1) is 7.43. The number of hydrogen-bond acceptors (Lipinski definition) is 1. The summed E-state index contributed by atoms with van der Waals surface area (Å²) >= 11 is 0. The van der Waals surface area contributed by atoms with E-state index in [1.165, 1.54) is 37.3 Å². The van der Waals surface area contributed by atoms with Crippen LogP contribution in [-0.2, 0) is 4.43 Å². The molecule has 1 atom stereocenters. The van der Waals surface area contributed by atoms with Crippen LogP contribution < -0.4 is 0 Å². The van der Waals surface area contributed by atoms with Crippen LogP contribution >= 0.6 is 0 Å². The molecule has 0 aliphatic heterocycles. The van der Waals surface area contributed by atoms with E-state index in [9.17, 15) is 0 Å². The summed E-state index contributed by atoms with van der Waals surface area (Å²) in [7, 11) is -1.46. The minimum atomic E-state index is -1.46. The molecule has 0 rings (SSSR count). The summed E-state index contributed by atoms with van der Waals surface area (Å²) in [5.74, 6) is 0. The summed E-state index contributed by atoms with van der Waals surface area (Å²) in [6, 6.07) is 1.28. The highest BCUT2D eigenvalue weighted by Crippen LogP contribution is 2.22. The zero-order valence-electron chi connectivity index (χ0n) is 11.9. The Kier molecular flexibility index (Phi) is 8.03. The molecule has 0 spiro atoms. The molecule has 0 radical (unpaired) electrons. The zero-order chi connectivity index (χ0) is 12.6. The maximum Gasteiger partial charge on any atom is 0.187 e. The summed E-state index contributed by atoms with van der Waals surface area (Å²) < 4.78 is 6.34. The maximum absolute atomic E-state index is 6.34. The molecule has 0 saturated carbocycles. The van der Waals surface area contributed by atoms with Gasteiger partial charge in [-0.05, 0) is 32.5 Å². The lowest BCUT2D eigenvalue weighted by Gasteiger charge is -2.30. The van der Waals surface area contributed by atoms with Gasteiger partial charge in [0.25, 0.3) is 0 Å². The van der Waals surface area contributed by atoms with Crippen molar-refractivity contribution in [2.75, 3.05) is 0 Å². The van der Waals surface area contributed by atoms with Crippen LogP contribution in [0.2, 0.25) is 19.1 Å². The van der Waals surface area contributed by atoms with Gasteiger partial charge in [-0.1, -0.05) is 51.7 Å². The molecular formula is C14H30OSi. The molecule has 16 heavy (non-hydrogen) atoms. The molecule has 1 nitrogen and oxygen atoms in total. The minimum absolute atomic E-state index is 0.304. The minimum Gasteiger partial charge on any atom is -0.411 e. The molecule has 0 saturated heterocycles. The molecule has 0 aliphatic carbocycles. The van der Waals surface area contributed by atoms with Crippen LogP contribution in [0, 0.1) is 0 Å². The molecular weight excluding hydrogens is 212 g/mol. The van der Waals surface area contributed by atoms with Gasteiger partial charge in [0.1, 0.15) is 0 Å². The van der Waals surface area contributed by atoms with Crippen molar-refractivity contribution in [1.82, 2.24) is 0 Å². The van der Waals surface area contributed by atoms with Crippen LogP contribution in [0.4, 0.5) is 0 Å². The lowest BCUT2D eigenvalue weighted by Crippen LogP contribution is -2.35. The molecule has 0 N–H and O–H groups in total. The van der Waals surface area contributed by atoms with E-state index in [-0.39, 0.29) is 0 Å². The largest absolute Gasteiger partial charge is 0.411 e. The highest BCUT2D eigenvalue weighted by molar-refractivity contribution is 6.71. The van der Waals surface area contributed by atoms with Crippen molar-refractivity contribution in [3.8, 4) is 0 Å². The summed E-state index contributed by atoms with van der Waals surface area (Å²) in [5.41, 5.74) is 1.20. The van der Waals surface area contributed by atoms with Crippen LogP contribution in [0.3, 0.4) is 0 Å². The van der Waals surface area contributed by atoms with Crippen molar-refractivity contribution in [3.63, 3.8) is 0 Å². The van der Waals surface area contributed by atoms with E-state index in [2.05, 4.69) is 40.4 Å². The quantitative estimate of drug-likeness (QED) is 0.402. The zero-order valence-corrected chi connectivity index (χ0v) is 12.9. The van der Waals surface area contributed by atoms with E-state index in [0.29, 0.717) is 6.10 Å². The third-order valence-corrected chi connectivity index (χ3v) is 5.44. The van der Waals surface area contributed by atoms with Gasteiger partial charge in [-0.25, -0.2) is 0 Å². The van der Waals surface area contributed by atoms with Gasteiger partial charge in [-0.2, -0.15) is 0 Å². The smallest absolute Gasteiger partial charge is 0.187 e. The van der Waals surface area contributed by atoms with Crippen molar-refractivity contribution in [2.24, 2.45) is 0 Å². The van der Waals surface area contributed by atoms with Crippen molar-refractivity contribution >= 4 is 8.32 Å². The lowest BCUT2D eigenvalue weighted by atomic mass is 10.1. The van der Waals surface area contributed by atoms with Gasteiger partial charge in [-0.15, -0.1) is 0 Å². The summed E-state index contributed by atoms with van der Waals surface area (Å²) in [6.45, 7) is 15.3. The highest BCUT2D eigenvalue weighted by atomic mass is 28.4. The van der Waals surface area contributed by atoms with Crippen molar-refractivity contribution in [1.29, 1.82) is 0 Å². The molecule has 96 valence electrons. The molecule has 2 heteroatoms. The van der Waals surface area contributed by atoms with Crippen LogP contribution in [0.25, 0.3) is 0 Å². The van der Waals surface area contributed by atoms with Crippen molar-refractivity contribution < 1.29 is 4.43 Å². The van der Waals surface area contributed by atoms with Gasteiger partial charge in [0.05, 0.1) is 6.10 Å². The van der Waals surface area contributed by atoms with Gasteiger partial charge < -0.3 is 4.43 Å². The monoisotopic (exact) mass is 242 g/mol. The SMILES string of the molecule is C=C(C)C(CCCC)O[Si](C)(C)CCCC. The Labute approximate surface area is 103 Å². The number of hydrogen-bond donors (Lipinski definition) is 0. The predicted octanol–water partition coefficient (Wildman–Crippen LogP) is 5.14. The van der Waals surface area contributed by atoms with Crippen LogP contribution in [-0.4, -0.2) is 14.4 Å². The van der Waals surface area contributed by atoms with E-state index in [4.69, 9.17) is 4.43 Å². The van der Waals surface area contributed by atoms with Gasteiger partial charge in [0.2, 0.25) is 0 Å². The second-order valence-electron chi connectivity index (χ2n) is 5.46. The normalized spacial score (nSPS) is 13.8. The Balaban J connectivity index is 4.19. The summed E-state index contributed by atoms with van der Waals surface area (Å²) in [5, 5.41) is 0. The second-order valence-corrected chi connectivity index (χ2v) is 9.71. The average Bonchev–Trinajstić information content (AvgIpc) is 2.21. The second kappa shape index (κ2) is 8.07. The standard InChI is InChI=1S/C14H30OSi/c1-7-9-11-14(13(3)4)15-16(5,6)12-10-8-2/h14H,3,7-12H2,1-2,4-6H3. The molecule has 0 amide bonds. The molecule has 0 fully saturated rings. The third kappa shape index (κ3) is 7.23. The van der Waals surface area contributed by atoms with Crippen LogP contribution in [0.1, 0.15) is 52.9 Å². The van der Waals surface area contributed by atoms with E-state index < -0.39 is 8.32 Å². The molecule has 0 bridgehead atoms. The van der Waals surface area contributed by atoms with E-state index in [1.54, 1.807) is 0 Å².